The maximum absolute atomic E-state index is 5.07. The first-order valence-electron chi connectivity index (χ1n) is 4.53. The predicted octanol–water partition coefficient (Wildman–Crippen LogP) is 2.39. The van der Waals surface area contributed by atoms with Crippen LogP contribution in [0.4, 0.5) is 11.6 Å². The molecular formula is C10H9BrN4O. The van der Waals surface area contributed by atoms with Crippen molar-refractivity contribution in [1.29, 1.82) is 0 Å². The zero-order valence-electron chi connectivity index (χ0n) is 8.51. The Hall–Kier alpha value is -1.69. The highest BCUT2D eigenvalue weighted by Crippen LogP contribution is 2.22. The Balaban J connectivity index is 2.22. The molecule has 0 bridgehead atoms. The second-order valence-corrected chi connectivity index (χ2v) is 3.77. The van der Waals surface area contributed by atoms with Gasteiger partial charge in [-0.25, -0.2) is 4.98 Å². The maximum Gasteiger partial charge on any atom is 0.232 e. The van der Waals surface area contributed by atoms with Crippen LogP contribution >= 0.6 is 15.9 Å². The molecule has 5 nitrogen and oxygen atoms in total. The van der Waals surface area contributed by atoms with Crippen molar-refractivity contribution in [2.45, 2.75) is 0 Å². The van der Waals surface area contributed by atoms with E-state index < -0.39 is 0 Å². The van der Waals surface area contributed by atoms with Crippen LogP contribution in [0, 0.1) is 0 Å². The van der Waals surface area contributed by atoms with Crippen molar-refractivity contribution >= 4 is 27.6 Å². The molecule has 0 aliphatic rings. The molecule has 0 saturated heterocycles. The number of nitrogens with one attached hydrogen (secondary N) is 1. The fourth-order valence-corrected chi connectivity index (χ4v) is 1.47. The average molecular weight is 281 g/mol. The first kappa shape index (κ1) is 10.8. The summed E-state index contributed by atoms with van der Waals surface area (Å²) in [5, 5.41) is 3.02. The first-order chi connectivity index (χ1) is 7.79. The van der Waals surface area contributed by atoms with Crippen molar-refractivity contribution in [3.63, 3.8) is 0 Å². The number of aromatic nitrogens is 3. The minimum Gasteiger partial charge on any atom is -0.480 e. The predicted molar refractivity (Wildman–Crippen MR) is 63.8 cm³/mol. The van der Waals surface area contributed by atoms with Crippen molar-refractivity contribution in [2.75, 3.05) is 12.4 Å². The van der Waals surface area contributed by atoms with E-state index in [1.807, 2.05) is 12.1 Å². The van der Waals surface area contributed by atoms with Gasteiger partial charge >= 0.3 is 0 Å². The fourth-order valence-electron chi connectivity index (χ4n) is 1.12. The van der Waals surface area contributed by atoms with Crippen LogP contribution in [0.25, 0.3) is 0 Å². The van der Waals surface area contributed by atoms with Crippen LogP contribution in [0.1, 0.15) is 0 Å². The second kappa shape index (κ2) is 4.89. The molecule has 16 heavy (non-hydrogen) atoms. The number of methoxy groups -OCH3 is 1. The van der Waals surface area contributed by atoms with Crippen molar-refractivity contribution < 1.29 is 4.74 Å². The molecule has 2 rings (SSSR count). The van der Waals surface area contributed by atoms with E-state index in [9.17, 15) is 0 Å². The number of hydrogen-bond donors (Lipinski definition) is 1. The van der Waals surface area contributed by atoms with Crippen molar-refractivity contribution in [3.05, 3.63) is 35.2 Å². The van der Waals surface area contributed by atoms with Gasteiger partial charge in [0.15, 0.2) is 0 Å². The molecule has 0 aliphatic heterocycles. The van der Waals surface area contributed by atoms with Gasteiger partial charge in [0, 0.05) is 6.20 Å². The Morgan fingerprint density at radius 3 is 2.94 bits per heavy atom. The van der Waals surface area contributed by atoms with E-state index in [1.54, 1.807) is 25.7 Å². The molecule has 0 saturated carbocycles. The Kier molecular flexibility index (Phi) is 3.31. The van der Waals surface area contributed by atoms with Gasteiger partial charge < -0.3 is 10.1 Å². The number of ether oxygens (including phenoxy) is 1. The zero-order chi connectivity index (χ0) is 11.4. The highest BCUT2D eigenvalue weighted by atomic mass is 79.9. The smallest absolute Gasteiger partial charge is 0.232 e. The van der Waals surface area contributed by atoms with Gasteiger partial charge in [-0.3, -0.25) is 4.98 Å². The lowest BCUT2D eigenvalue weighted by atomic mass is 10.4. The largest absolute Gasteiger partial charge is 0.480 e. The molecule has 0 unspecified atom stereocenters. The molecule has 0 aromatic carbocycles. The summed E-state index contributed by atoms with van der Waals surface area (Å²) in [5.74, 6) is 0.953. The lowest BCUT2D eigenvalue weighted by Crippen LogP contribution is -1.99. The molecule has 0 atom stereocenters. The van der Waals surface area contributed by atoms with E-state index in [0.29, 0.717) is 16.3 Å². The molecule has 0 spiro atoms. The highest BCUT2D eigenvalue weighted by Gasteiger charge is 2.04. The summed E-state index contributed by atoms with van der Waals surface area (Å²) in [4.78, 5) is 12.3. The third kappa shape index (κ3) is 2.46. The topological polar surface area (TPSA) is 59.9 Å². The highest BCUT2D eigenvalue weighted by molar-refractivity contribution is 9.10. The summed E-state index contributed by atoms with van der Waals surface area (Å²) in [5.41, 5.74) is 0.826. The summed E-state index contributed by atoms with van der Waals surface area (Å²) in [7, 11) is 1.56. The standard InChI is InChI=1S/C10H9BrN4O/c1-16-9-8(11)6-13-10(15-9)14-7-3-2-4-12-5-7/h2-6H,1H3,(H,13,14,15). The lowest BCUT2D eigenvalue weighted by molar-refractivity contribution is 0.394. The Bertz CT molecular complexity index is 478. The molecule has 0 amide bonds. The summed E-state index contributed by atoms with van der Waals surface area (Å²) < 4.78 is 5.78. The number of anilines is 2. The van der Waals surface area contributed by atoms with Crippen LogP contribution in [0.15, 0.2) is 35.2 Å². The van der Waals surface area contributed by atoms with Gasteiger partial charge in [-0.05, 0) is 28.1 Å². The molecule has 6 heteroatoms. The molecule has 0 radical (unpaired) electrons. The molecule has 2 aromatic rings. The molecule has 2 aromatic heterocycles. The quantitative estimate of drug-likeness (QED) is 0.936. The van der Waals surface area contributed by atoms with Crippen LogP contribution in [-0.4, -0.2) is 22.1 Å². The summed E-state index contributed by atoms with van der Waals surface area (Å²) in [6.45, 7) is 0. The number of nitrogens with zero attached hydrogens (tertiary/aromatic N) is 3. The van der Waals surface area contributed by atoms with Gasteiger partial charge in [0.1, 0.15) is 0 Å². The van der Waals surface area contributed by atoms with Crippen LogP contribution in [0.3, 0.4) is 0 Å². The van der Waals surface area contributed by atoms with Crippen molar-refractivity contribution in [1.82, 2.24) is 15.0 Å². The zero-order valence-corrected chi connectivity index (χ0v) is 10.1. The minimum absolute atomic E-state index is 0.466. The summed E-state index contributed by atoms with van der Waals surface area (Å²) in [6.07, 6.45) is 5.02. The number of rotatable bonds is 3. The van der Waals surface area contributed by atoms with Crippen LogP contribution in [0.2, 0.25) is 0 Å². The minimum atomic E-state index is 0.466. The van der Waals surface area contributed by atoms with Crippen LogP contribution in [-0.2, 0) is 0 Å². The van der Waals surface area contributed by atoms with Gasteiger partial charge in [-0.15, -0.1) is 0 Å². The van der Waals surface area contributed by atoms with Gasteiger partial charge in [-0.2, -0.15) is 4.98 Å². The molecular weight excluding hydrogens is 272 g/mol. The molecule has 1 N–H and O–H groups in total. The number of pyridine rings is 1. The third-order valence-corrected chi connectivity index (χ3v) is 2.37. The third-order valence-electron chi connectivity index (χ3n) is 1.82. The average Bonchev–Trinajstić information content (AvgIpc) is 2.33. The van der Waals surface area contributed by atoms with Gasteiger partial charge in [0.05, 0.1) is 29.7 Å². The van der Waals surface area contributed by atoms with Crippen molar-refractivity contribution in [3.8, 4) is 5.88 Å². The molecule has 2 heterocycles. The Labute approximate surface area is 101 Å². The van der Waals surface area contributed by atoms with Gasteiger partial charge in [0.25, 0.3) is 0 Å². The van der Waals surface area contributed by atoms with Crippen molar-refractivity contribution in [2.24, 2.45) is 0 Å². The molecule has 0 fully saturated rings. The van der Waals surface area contributed by atoms with E-state index >= 15 is 0 Å². The van der Waals surface area contributed by atoms with Gasteiger partial charge in [0.2, 0.25) is 11.8 Å². The van der Waals surface area contributed by atoms with E-state index in [2.05, 4.69) is 36.2 Å². The first-order valence-corrected chi connectivity index (χ1v) is 5.32. The molecule has 0 aliphatic carbocycles. The van der Waals surface area contributed by atoms with E-state index in [-0.39, 0.29) is 0 Å². The second-order valence-electron chi connectivity index (χ2n) is 2.92. The van der Waals surface area contributed by atoms with E-state index in [4.69, 9.17) is 4.74 Å². The summed E-state index contributed by atoms with van der Waals surface area (Å²) in [6, 6.07) is 3.71. The monoisotopic (exact) mass is 280 g/mol. The van der Waals surface area contributed by atoms with E-state index in [1.165, 1.54) is 0 Å². The lowest BCUT2D eigenvalue weighted by Gasteiger charge is -2.06. The van der Waals surface area contributed by atoms with Crippen LogP contribution in [0.5, 0.6) is 5.88 Å². The Morgan fingerprint density at radius 1 is 1.38 bits per heavy atom. The maximum atomic E-state index is 5.07. The van der Waals surface area contributed by atoms with Gasteiger partial charge in [-0.1, -0.05) is 0 Å². The van der Waals surface area contributed by atoms with Crippen LogP contribution < -0.4 is 10.1 Å². The van der Waals surface area contributed by atoms with E-state index in [0.717, 1.165) is 5.69 Å². The molecule has 82 valence electrons. The SMILES string of the molecule is COc1nc(Nc2cccnc2)ncc1Br. The fraction of sp³-hybridized carbons (Fsp3) is 0.100. The Morgan fingerprint density at radius 2 is 2.25 bits per heavy atom. The number of hydrogen-bond acceptors (Lipinski definition) is 5. The normalized spacial score (nSPS) is 9.88. The summed E-state index contributed by atoms with van der Waals surface area (Å²) >= 11 is 3.29. The number of halogens is 1.